The van der Waals surface area contributed by atoms with E-state index in [2.05, 4.69) is 26.6 Å². The lowest BCUT2D eigenvalue weighted by atomic mass is 10.0. The molecule has 1 aliphatic rings. The fraction of sp³-hybridized carbons (Fsp3) is 0.125. The molecule has 0 fully saturated rings. The van der Waals surface area contributed by atoms with E-state index in [1.807, 2.05) is 49.4 Å². The number of hydrogen-bond donors (Lipinski definition) is 1. The predicted molar refractivity (Wildman–Crippen MR) is 129 cm³/mol. The van der Waals surface area contributed by atoms with Crippen molar-refractivity contribution in [2.75, 3.05) is 10.2 Å². The SMILES string of the molecule is C.[C-]#[N+]c1ccc2c(c1)C(=O)N(c1ccccc1)C(c1ccc(-c3csc(C)n3)s1)N2. The molecule has 31 heavy (non-hydrogen) atoms. The number of aryl methyl sites for hydroxylation is 1. The highest BCUT2D eigenvalue weighted by molar-refractivity contribution is 7.16. The van der Waals surface area contributed by atoms with Gasteiger partial charge in [0, 0.05) is 21.6 Å². The number of thiazole rings is 1. The van der Waals surface area contributed by atoms with Crippen LogP contribution in [0.15, 0.2) is 66.0 Å². The molecule has 7 heteroatoms. The Hall–Kier alpha value is -3.47. The smallest absolute Gasteiger partial charge is 0.261 e. The van der Waals surface area contributed by atoms with Gasteiger partial charge in [0.25, 0.3) is 5.91 Å². The van der Waals surface area contributed by atoms with Crippen LogP contribution in [0.5, 0.6) is 0 Å². The number of thiophene rings is 1. The Morgan fingerprint density at radius 2 is 1.94 bits per heavy atom. The predicted octanol–water partition coefficient (Wildman–Crippen LogP) is 7.14. The summed E-state index contributed by atoms with van der Waals surface area (Å²) in [5, 5.41) is 6.59. The van der Waals surface area contributed by atoms with Gasteiger partial charge >= 0.3 is 0 Å². The standard InChI is InChI=1S/C23H16N4OS2.CH4/c1-14-25-19(13-29-14)20-10-11-21(30-20)22-26-18-9-8-15(24-2)12-17(18)23(28)27(22)16-6-4-3-5-7-16;/h3-13,22,26H,1H3;1H4. The molecule has 0 radical (unpaired) electrons. The number of carbonyl (C=O) groups is 1. The minimum atomic E-state index is -0.343. The summed E-state index contributed by atoms with van der Waals surface area (Å²) in [4.78, 5) is 25.4. The number of rotatable bonds is 3. The maximum atomic E-state index is 13.5. The van der Waals surface area contributed by atoms with Crippen molar-refractivity contribution in [1.82, 2.24) is 4.98 Å². The average molecular weight is 445 g/mol. The fourth-order valence-corrected chi connectivity index (χ4v) is 5.23. The zero-order valence-electron chi connectivity index (χ0n) is 16.0. The molecule has 1 amide bonds. The van der Waals surface area contributed by atoms with E-state index in [1.165, 1.54) is 0 Å². The minimum Gasteiger partial charge on any atom is -0.360 e. The fourth-order valence-electron chi connectivity index (χ4n) is 3.53. The molecule has 1 unspecified atom stereocenters. The van der Waals surface area contributed by atoms with Gasteiger partial charge in [0.1, 0.15) is 6.17 Å². The van der Waals surface area contributed by atoms with Crippen LogP contribution >= 0.6 is 22.7 Å². The van der Waals surface area contributed by atoms with Crippen molar-refractivity contribution in [3.63, 3.8) is 0 Å². The van der Waals surface area contributed by atoms with Gasteiger partial charge in [0.15, 0.2) is 5.69 Å². The quantitative estimate of drug-likeness (QED) is 0.342. The topological polar surface area (TPSA) is 49.6 Å². The van der Waals surface area contributed by atoms with Gasteiger partial charge in [-0.25, -0.2) is 9.83 Å². The summed E-state index contributed by atoms with van der Waals surface area (Å²) in [6.07, 6.45) is -0.343. The van der Waals surface area contributed by atoms with Gasteiger partial charge in [0.2, 0.25) is 0 Å². The lowest BCUT2D eigenvalue weighted by molar-refractivity contribution is 0.0975. The molecule has 0 aliphatic carbocycles. The monoisotopic (exact) mass is 444 g/mol. The molecule has 0 spiro atoms. The molecular weight excluding hydrogens is 424 g/mol. The first-order valence-corrected chi connectivity index (χ1v) is 11.0. The lowest BCUT2D eigenvalue weighted by Gasteiger charge is -2.37. The van der Waals surface area contributed by atoms with Gasteiger partial charge in [-0.3, -0.25) is 9.69 Å². The Bertz CT molecular complexity index is 1290. The van der Waals surface area contributed by atoms with Gasteiger partial charge in [-0.2, -0.15) is 0 Å². The van der Waals surface area contributed by atoms with Crippen LogP contribution in [0.1, 0.15) is 33.8 Å². The number of carbonyl (C=O) groups excluding carboxylic acids is 1. The number of anilines is 2. The zero-order chi connectivity index (χ0) is 20.7. The van der Waals surface area contributed by atoms with Crippen molar-refractivity contribution >= 4 is 45.6 Å². The molecule has 0 bridgehead atoms. The van der Waals surface area contributed by atoms with Crippen LogP contribution in [0.4, 0.5) is 17.1 Å². The maximum absolute atomic E-state index is 13.5. The third kappa shape index (κ3) is 3.72. The van der Waals surface area contributed by atoms with Gasteiger partial charge in [-0.05, 0) is 43.3 Å². The molecule has 2 aromatic carbocycles. The molecule has 3 heterocycles. The number of benzene rings is 2. The first-order chi connectivity index (χ1) is 14.6. The number of aromatic nitrogens is 1. The maximum Gasteiger partial charge on any atom is 0.261 e. The van der Waals surface area contributed by atoms with Crippen molar-refractivity contribution in [3.05, 3.63) is 92.9 Å². The van der Waals surface area contributed by atoms with Crippen LogP contribution in [-0.2, 0) is 0 Å². The Morgan fingerprint density at radius 1 is 1.13 bits per heavy atom. The van der Waals surface area contributed by atoms with Gasteiger partial charge in [-0.1, -0.05) is 31.7 Å². The van der Waals surface area contributed by atoms with Gasteiger partial charge in [0.05, 0.1) is 27.7 Å². The molecule has 1 atom stereocenters. The van der Waals surface area contributed by atoms with Crippen LogP contribution in [0.25, 0.3) is 15.4 Å². The minimum absolute atomic E-state index is 0. The van der Waals surface area contributed by atoms with E-state index < -0.39 is 0 Å². The summed E-state index contributed by atoms with van der Waals surface area (Å²) < 4.78 is 0. The highest BCUT2D eigenvalue weighted by Gasteiger charge is 2.35. The molecular formula is C24H20N4OS2. The second-order valence-electron chi connectivity index (χ2n) is 6.85. The van der Waals surface area contributed by atoms with E-state index in [0.717, 1.165) is 31.8 Å². The number of nitrogens with one attached hydrogen (secondary N) is 1. The van der Waals surface area contributed by atoms with Gasteiger partial charge < -0.3 is 5.32 Å². The van der Waals surface area contributed by atoms with Crippen LogP contribution in [0, 0.1) is 13.5 Å². The van der Waals surface area contributed by atoms with E-state index in [-0.39, 0.29) is 19.5 Å². The van der Waals surface area contributed by atoms with Crippen LogP contribution in [0.2, 0.25) is 0 Å². The van der Waals surface area contributed by atoms with Crippen LogP contribution in [0.3, 0.4) is 0 Å². The average Bonchev–Trinajstić information content (AvgIpc) is 3.43. The van der Waals surface area contributed by atoms with Crippen LogP contribution in [-0.4, -0.2) is 10.9 Å². The summed E-state index contributed by atoms with van der Waals surface area (Å²) in [6, 6.07) is 18.9. The highest BCUT2D eigenvalue weighted by Crippen LogP contribution is 2.41. The van der Waals surface area contributed by atoms with Crippen molar-refractivity contribution in [3.8, 4) is 10.6 Å². The number of nitrogens with zero attached hydrogens (tertiary/aromatic N) is 3. The van der Waals surface area contributed by atoms with E-state index in [4.69, 9.17) is 6.57 Å². The second kappa shape index (κ2) is 8.34. The molecule has 1 aliphatic heterocycles. The lowest BCUT2D eigenvalue weighted by Crippen LogP contribution is -2.42. The van der Waals surface area contributed by atoms with Crippen LogP contribution < -0.4 is 10.2 Å². The van der Waals surface area contributed by atoms with Crippen molar-refractivity contribution < 1.29 is 4.79 Å². The second-order valence-corrected chi connectivity index (χ2v) is 9.03. The molecule has 2 aromatic heterocycles. The summed E-state index contributed by atoms with van der Waals surface area (Å²) in [5.41, 5.74) is 3.47. The van der Waals surface area contributed by atoms with E-state index >= 15 is 0 Å². The molecule has 0 saturated carbocycles. The van der Waals surface area contributed by atoms with E-state index in [9.17, 15) is 4.79 Å². The third-order valence-corrected chi connectivity index (χ3v) is 6.87. The highest BCUT2D eigenvalue weighted by atomic mass is 32.1. The Balaban J connectivity index is 0.00000231. The zero-order valence-corrected chi connectivity index (χ0v) is 17.6. The van der Waals surface area contributed by atoms with E-state index in [0.29, 0.717) is 11.3 Å². The normalized spacial score (nSPS) is 14.9. The summed E-state index contributed by atoms with van der Waals surface area (Å²) in [7, 11) is 0. The number of hydrogen-bond acceptors (Lipinski definition) is 5. The Morgan fingerprint density at radius 3 is 2.65 bits per heavy atom. The first-order valence-electron chi connectivity index (χ1n) is 9.33. The summed E-state index contributed by atoms with van der Waals surface area (Å²) in [5.74, 6) is -0.120. The first kappa shape index (κ1) is 20.8. The summed E-state index contributed by atoms with van der Waals surface area (Å²) >= 11 is 3.26. The third-order valence-electron chi connectivity index (χ3n) is 4.93. The number of amides is 1. The van der Waals surface area contributed by atoms with Crippen molar-refractivity contribution in [2.24, 2.45) is 0 Å². The Kier molecular flexibility index (Phi) is 5.59. The van der Waals surface area contributed by atoms with Crippen molar-refractivity contribution in [2.45, 2.75) is 20.5 Å². The molecule has 154 valence electrons. The number of para-hydroxylation sites is 1. The van der Waals surface area contributed by atoms with Crippen molar-refractivity contribution in [1.29, 1.82) is 0 Å². The molecule has 4 aromatic rings. The number of fused-ring (bicyclic) bond motifs is 1. The molecule has 5 rings (SSSR count). The Labute approximate surface area is 189 Å². The molecule has 0 saturated heterocycles. The molecule has 1 N–H and O–H groups in total. The van der Waals surface area contributed by atoms with Gasteiger partial charge in [-0.15, -0.1) is 22.7 Å². The van der Waals surface area contributed by atoms with E-state index in [1.54, 1.807) is 39.7 Å². The largest absolute Gasteiger partial charge is 0.360 e. The molecule has 5 nitrogen and oxygen atoms in total. The summed E-state index contributed by atoms with van der Waals surface area (Å²) in [6.45, 7) is 9.27.